The SMILES string of the molecule is CN(C)S(=O)(=O)c1ccc(NCCS(N)(=O)=O)c(N)c1. The van der Waals surface area contributed by atoms with Crippen molar-refractivity contribution in [2.45, 2.75) is 4.90 Å². The summed E-state index contributed by atoms with van der Waals surface area (Å²) in [7, 11) is -4.27. The lowest BCUT2D eigenvalue weighted by Gasteiger charge is -2.14. The van der Waals surface area contributed by atoms with Gasteiger partial charge in [-0.15, -0.1) is 0 Å². The molecular weight excluding hydrogens is 304 g/mol. The van der Waals surface area contributed by atoms with Gasteiger partial charge in [-0.05, 0) is 18.2 Å². The highest BCUT2D eigenvalue weighted by atomic mass is 32.2. The van der Waals surface area contributed by atoms with Crippen LogP contribution in [0, 0.1) is 0 Å². The van der Waals surface area contributed by atoms with Crippen LogP contribution in [0.5, 0.6) is 0 Å². The van der Waals surface area contributed by atoms with Crippen LogP contribution < -0.4 is 16.2 Å². The lowest BCUT2D eigenvalue weighted by Crippen LogP contribution is -2.23. The molecule has 0 saturated heterocycles. The second-order valence-corrected chi connectivity index (χ2v) is 8.22. The van der Waals surface area contributed by atoms with Gasteiger partial charge in [-0.1, -0.05) is 0 Å². The Balaban J connectivity index is 2.90. The standard InChI is InChI=1S/C10H18N4O4S2/c1-14(2)20(17,18)8-3-4-10(9(11)7-8)13-5-6-19(12,15)16/h3-4,7,13H,5-6,11H2,1-2H3,(H2,12,15,16). The van der Waals surface area contributed by atoms with Gasteiger partial charge in [0.05, 0.1) is 22.0 Å². The maximum absolute atomic E-state index is 11.9. The highest BCUT2D eigenvalue weighted by Gasteiger charge is 2.18. The second kappa shape index (κ2) is 5.95. The summed E-state index contributed by atoms with van der Waals surface area (Å²) >= 11 is 0. The van der Waals surface area contributed by atoms with Crippen LogP contribution in [0.15, 0.2) is 23.1 Å². The van der Waals surface area contributed by atoms with Crippen molar-refractivity contribution in [3.63, 3.8) is 0 Å². The minimum Gasteiger partial charge on any atom is -0.397 e. The van der Waals surface area contributed by atoms with E-state index in [0.29, 0.717) is 5.69 Å². The number of rotatable bonds is 6. The van der Waals surface area contributed by atoms with E-state index in [2.05, 4.69) is 5.32 Å². The van der Waals surface area contributed by atoms with Gasteiger partial charge in [0.25, 0.3) is 0 Å². The molecule has 0 fully saturated rings. The molecule has 0 unspecified atom stereocenters. The fraction of sp³-hybridized carbons (Fsp3) is 0.400. The molecule has 0 aliphatic heterocycles. The van der Waals surface area contributed by atoms with Gasteiger partial charge in [-0.2, -0.15) is 0 Å². The average molecular weight is 322 g/mol. The number of nitrogens with one attached hydrogen (secondary N) is 1. The third-order valence-electron chi connectivity index (χ3n) is 2.50. The summed E-state index contributed by atoms with van der Waals surface area (Å²) in [5.41, 5.74) is 6.40. The number of hydrogen-bond donors (Lipinski definition) is 3. The second-order valence-electron chi connectivity index (χ2n) is 4.33. The molecule has 5 N–H and O–H groups in total. The Morgan fingerprint density at radius 1 is 1.20 bits per heavy atom. The fourth-order valence-electron chi connectivity index (χ4n) is 1.40. The Morgan fingerprint density at radius 3 is 2.25 bits per heavy atom. The normalized spacial score (nSPS) is 12.6. The van der Waals surface area contributed by atoms with Crippen LogP contribution in [0.1, 0.15) is 0 Å². The van der Waals surface area contributed by atoms with Gasteiger partial charge in [-0.3, -0.25) is 0 Å². The van der Waals surface area contributed by atoms with Gasteiger partial charge in [-0.25, -0.2) is 26.3 Å². The first-order valence-corrected chi connectivity index (χ1v) is 8.76. The van der Waals surface area contributed by atoms with Gasteiger partial charge in [0, 0.05) is 20.6 Å². The highest BCUT2D eigenvalue weighted by molar-refractivity contribution is 7.89. The van der Waals surface area contributed by atoms with Crippen LogP contribution in [0.2, 0.25) is 0 Å². The van der Waals surface area contributed by atoms with Crippen LogP contribution in [0.25, 0.3) is 0 Å². The van der Waals surface area contributed by atoms with Gasteiger partial charge in [0.1, 0.15) is 0 Å². The van der Waals surface area contributed by atoms with Crippen molar-refractivity contribution >= 4 is 31.4 Å². The topological polar surface area (TPSA) is 136 Å². The number of benzene rings is 1. The molecule has 1 aromatic carbocycles. The Morgan fingerprint density at radius 2 is 1.80 bits per heavy atom. The minimum atomic E-state index is -3.56. The Bertz CT molecular complexity index is 683. The predicted octanol–water partition coefficient (Wildman–Crippen LogP) is -0.780. The number of anilines is 2. The highest BCUT2D eigenvalue weighted by Crippen LogP contribution is 2.23. The number of nitrogen functional groups attached to an aromatic ring is 1. The lowest BCUT2D eigenvalue weighted by atomic mass is 10.2. The zero-order chi connectivity index (χ0) is 15.6. The van der Waals surface area contributed by atoms with E-state index in [-0.39, 0.29) is 22.9 Å². The van der Waals surface area contributed by atoms with E-state index in [9.17, 15) is 16.8 Å². The number of hydrogen-bond acceptors (Lipinski definition) is 6. The Kier molecular flexibility index (Phi) is 4.97. The summed E-state index contributed by atoms with van der Waals surface area (Å²) in [6.45, 7) is 0.0861. The molecular formula is C10H18N4O4S2. The first-order valence-electron chi connectivity index (χ1n) is 5.60. The molecule has 0 spiro atoms. The van der Waals surface area contributed by atoms with Gasteiger partial charge >= 0.3 is 0 Å². The Labute approximate surface area is 118 Å². The van der Waals surface area contributed by atoms with Crippen LogP contribution >= 0.6 is 0 Å². The maximum Gasteiger partial charge on any atom is 0.242 e. The summed E-state index contributed by atoms with van der Waals surface area (Å²) in [5.74, 6) is -0.246. The van der Waals surface area contributed by atoms with E-state index >= 15 is 0 Å². The zero-order valence-electron chi connectivity index (χ0n) is 11.2. The average Bonchev–Trinajstić information content (AvgIpc) is 2.29. The molecule has 0 radical (unpaired) electrons. The van der Waals surface area contributed by atoms with E-state index in [1.54, 1.807) is 0 Å². The Hall–Kier alpha value is -1.36. The molecule has 0 bridgehead atoms. The summed E-state index contributed by atoms with van der Waals surface area (Å²) in [6.07, 6.45) is 0. The summed E-state index contributed by atoms with van der Waals surface area (Å²) in [6, 6.07) is 4.19. The summed E-state index contributed by atoms with van der Waals surface area (Å²) < 4.78 is 46.4. The van der Waals surface area contributed by atoms with Gasteiger partial charge in [0.2, 0.25) is 20.0 Å². The molecule has 0 atom stereocenters. The van der Waals surface area contributed by atoms with E-state index in [0.717, 1.165) is 4.31 Å². The number of primary sulfonamides is 1. The molecule has 0 saturated carbocycles. The van der Waals surface area contributed by atoms with Crippen molar-refractivity contribution in [2.75, 3.05) is 37.4 Å². The fourth-order valence-corrected chi connectivity index (χ4v) is 2.73. The van der Waals surface area contributed by atoms with Crippen molar-refractivity contribution in [1.82, 2.24) is 4.31 Å². The molecule has 0 aliphatic carbocycles. The third kappa shape index (κ3) is 4.34. The summed E-state index contributed by atoms with van der Waals surface area (Å²) in [4.78, 5) is 0.0667. The van der Waals surface area contributed by atoms with Crippen molar-refractivity contribution < 1.29 is 16.8 Å². The van der Waals surface area contributed by atoms with Gasteiger partial charge < -0.3 is 11.1 Å². The van der Waals surface area contributed by atoms with Crippen molar-refractivity contribution in [1.29, 1.82) is 0 Å². The molecule has 8 nitrogen and oxygen atoms in total. The largest absolute Gasteiger partial charge is 0.397 e. The lowest BCUT2D eigenvalue weighted by molar-refractivity contribution is 0.521. The molecule has 0 aromatic heterocycles. The summed E-state index contributed by atoms with van der Waals surface area (Å²) in [5, 5.41) is 7.65. The van der Waals surface area contributed by atoms with Crippen LogP contribution in [0.4, 0.5) is 11.4 Å². The van der Waals surface area contributed by atoms with Crippen molar-refractivity contribution in [3.05, 3.63) is 18.2 Å². The van der Waals surface area contributed by atoms with E-state index in [1.807, 2.05) is 0 Å². The molecule has 1 rings (SSSR count). The first kappa shape index (κ1) is 16.7. The molecule has 0 amide bonds. The van der Waals surface area contributed by atoms with E-state index < -0.39 is 20.0 Å². The van der Waals surface area contributed by atoms with E-state index in [4.69, 9.17) is 10.9 Å². The van der Waals surface area contributed by atoms with Crippen molar-refractivity contribution in [2.24, 2.45) is 5.14 Å². The quantitative estimate of drug-likeness (QED) is 0.588. The molecule has 10 heteroatoms. The number of nitrogens with two attached hydrogens (primary N) is 2. The zero-order valence-corrected chi connectivity index (χ0v) is 12.8. The molecule has 114 valence electrons. The van der Waals surface area contributed by atoms with Crippen molar-refractivity contribution in [3.8, 4) is 0 Å². The van der Waals surface area contributed by atoms with Crippen LogP contribution in [-0.2, 0) is 20.0 Å². The van der Waals surface area contributed by atoms with E-state index in [1.165, 1.54) is 32.3 Å². The van der Waals surface area contributed by atoms with Crippen LogP contribution in [0.3, 0.4) is 0 Å². The molecule has 20 heavy (non-hydrogen) atoms. The molecule has 1 aromatic rings. The predicted molar refractivity (Wildman–Crippen MR) is 78.2 cm³/mol. The number of nitrogens with zero attached hydrogens (tertiary/aromatic N) is 1. The van der Waals surface area contributed by atoms with Gasteiger partial charge in [0.15, 0.2) is 0 Å². The first-order chi connectivity index (χ1) is 9.04. The maximum atomic E-state index is 11.9. The molecule has 0 aliphatic rings. The monoisotopic (exact) mass is 322 g/mol. The number of sulfonamides is 2. The minimum absolute atomic E-state index is 0.0667. The van der Waals surface area contributed by atoms with Crippen LogP contribution in [-0.4, -0.2) is 47.5 Å². The third-order valence-corrected chi connectivity index (χ3v) is 5.09. The molecule has 0 heterocycles. The smallest absolute Gasteiger partial charge is 0.242 e.